The van der Waals surface area contributed by atoms with Gasteiger partial charge in [0.15, 0.2) is 0 Å². The monoisotopic (exact) mass is 405 g/mol. The average molecular weight is 406 g/mol. The molecule has 0 bridgehead atoms. The fraction of sp³-hybridized carbons (Fsp3) is 0.533. The molecule has 8 heteroatoms. The van der Waals surface area contributed by atoms with Crippen molar-refractivity contribution in [2.75, 3.05) is 13.2 Å². The van der Waals surface area contributed by atoms with E-state index in [-0.39, 0.29) is 17.6 Å². The molecule has 23 heavy (non-hydrogen) atoms. The molecule has 2 unspecified atom stereocenters. The van der Waals surface area contributed by atoms with E-state index in [0.29, 0.717) is 11.1 Å². The zero-order chi connectivity index (χ0) is 16.9. The normalized spacial score (nSPS) is 20.0. The maximum Gasteiger partial charge on any atom is 0.265 e. The third kappa shape index (κ3) is 5.27. The van der Waals surface area contributed by atoms with Gasteiger partial charge in [0.05, 0.1) is 12.7 Å². The SMILES string of the molecule is CC(OCC1CCCCO1)C(=O)NS(=O)(=O)c1ccccc1Br. The van der Waals surface area contributed by atoms with Gasteiger partial charge in [0.2, 0.25) is 0 Å². The van der Waals surface area contributed by atoms with E-state index >= 15 is 0 Å². The van der Waals surface area contributed by atoms with Crippen molar-refractivity contribution in [2.45, 2.75) is 43.3 Å². The van der Waals surface area contributed by atoms with Crippen molar-refractivity contribution in [3.8, 4) is 0 Å². The second kappa shape index (κ2) is 8.23. The van der Waals surface area contributed by atoms with Crippen molar-refractivity contribution in [1.82, 2.24) is 4.72 Å². The van der Waals surface area contributed by atoms with Crippen LogP contribution in [0.5, 0.6) is 0 Å². The van der Waals surface area contributed by atoms with E-state index < -0.39 is 22.0 Å². The lowest BCUT2D eigenvalue weighted by atomic mass is 10.1. The molecule has 1 fully saturated rings. The van der Waals surface area contributed by atoms with Gasteiger partial charge in [0, 0.05) is 11.1 Å². The minimum atomic E-state index is -3.94. The molecule has 0 aromatic heterocycles. The molecule has 1 N–H and O–H groups in total. The van der Waals surface area contributed by atoms with Crippen LogP contribution in [0.25, 0.3) is 0 Å². The molecule has 1 aliphatic rings. The molecular formula is C15H20BrNO5S. The van der Waals surface area contributed by atoms with E-state index in [0.717, 1.165) is 19.3 Å². The van der Waals surface area contributed by atoms with Crippen LogP contribution in [0.4, 0.5) is 0 Å². The Morgan fingerprint density at radius 2 is 2.17 bits per heavy atom. The van der Waals surface area contributed by atoms with Crippen LogP contribution in [-0.4, -0.2) is 39.7 Å². The van der Waals surface area contributed by atoms with Gasteiger partial charge >= 0.3 is 0 Å². The Kier molecular flexibility index (Phi) is 6.58. The van der Waals surface area contributed by atoms with Crippen LogP contribution in [0.2, 0.25) is 0 Å². The fourth-order valence-corrected chi connectivity index (χ4v) is 4.25. The molecule has 2 rings (SSSR count). The standard InChI is InChI=1S/C15H20BrNO5S/c1-11(22-10-12-6-4-5-9-21-12)15(18)17-23(19,20)14-8-3-2-7-13(14)16/h2-3,7-8,11-12H,4-6,9-10H2,1H3,(H,17,18). The van der Waals surface area contributed by atoms with Gasteiger partial charge in [-0.1, -0.05) is 12.1 Å². The summed E-state index contributed by atoms with van der Waals surface area (Å²) in [6.45, 7) is 2.50. The van der Waals surface area contributed by atoms with Crippen molar-refractivity contribution in [1.29, 1.82) is 0 Å². The topological polar surface area (TPSA) is 81.7 Å². The third-order valence-electron chi connectivity index (χ3n) is 3.54. The Hall–Kier alpha value is -0.960. The first kappa shape index (κ1) is 18.4. The highest BCUT2D eigenvalue weighted by atomic mass is 79.9. The quantitative estimate of drug-likeness (QED) is 0.784. The number of sulfonamides is 1. The van der Waals surface area contributed by atoms with E-state index in [1.807, 2.05) is 4.72 Å². The van der Waals surface area contributed by atoms with Crippen LogP contribution in [0, 0.1) is 0 Å². The van der Waals surface area contributed by atoms with Crippen LogP contribution >= 0.6 is 15.9 Å². The Labute approximate surface area is 144 Å². The van der Waals surface area contributed by atoms with Crippen molar-refractivity contribution in [2.24, 2.45) is 0 Å². The highest BCUT2D eigenvalue weighted by molar-refractivity contribution is 9.10. The first-order valence-corrected chi connectivity index (χ1v) is 9.72. The molecule has 1 heterocycles. The Morgan fingerprint density at radius 3 is 2.83 bits per heavy atom. The molecule has 1 amide bonds. The van der Waals surface area contributed by atoms with Crippen LogP contribution in [-0.2, 0) is 24.3 Å². The van der Waals surface area contributed by atoms with Crippen LogP contribution < -0.4 is 4.72 Å². The zero-order valence-electron chi connectivity index (χ0n) is 12.8. The zero-order valence-corrected chi connectivity index (χ0v) is 15.2. The van der Waals surface area contributed by atoms with Crippen LogP contribution in [0.3, 0.4) is 0 Å². The first-order chi connectivity index (χ1) is 10.9. The molecule has 0 saturated carbocycles. The predicted octanol–water partition coefficient (Wildman–Crippen LogP) is 2.23. The molecule has 2 atom stereocenters. The highest BCUT2D eigenvalue weighted by Crippen LogP contribution is 2.21. The molecule has 1 saturated heterocycles. The van der Waals surface area contributed by atoms with Gasteiger partial charge in [-0.3, -0.25) is 4.79 Å². The Bertz CT molecular complexity index is 643. The van der Waals surface area contributed by atoms with Crippen LogP contribution in [0.15, 0.2) is 33.6 Å². The lowest BCUT2D eigenvalue weighted by Gasteiger charge is -2.23. The summed E-state index contributed by atoms with van der Waals surface area (Å²) in [7, 11) is -3.94. The summed E-state index contributed by atoms with van der Waals surface area (Å²) >= 11 is 3.16. The van der Waals surface area contributed by atoms with E-state index in [4.69, 9.17) is 9.47 Å². The van der Waals surface area contributed by atoms with Crippen molar-refractivity contribution in [3.63, 3.8) is 0 Å². The fourth-order valence-electron chi connectivity index (χ4n) is 2.20. The second-order valence-corrected chi connectivity index (χ2v) is 7.87. The molecule has 1 aliphatic heterocycles. The van der Waals surface area contributed by atoms with Gasteiger partial charge < -0.3 is 9.47 Å². The summed E-state index contributed by atoms with van der Waals surface area (Å²) in [6.07, 6.45) is 2.10. The summed E-state index contributed by atoms with van der Waals surface area (Å²) < 4.78 is 37.8. The molecular weight excluding hydrogens is 386 g/mol. The molecule has 6 nitrogen and oxygen atoms in total. The van der Waals surface area contributed by atoms with Crippen molar-refractivity contribution < 1.29 is 22.7 Å². The highest BCUT2D eigenvalue weighted by Gasteiger charge is 2.25. The van der Waals surface area contributed by atoms with E-state index in [1.165, 1.54) is 13.0 Å². The molecule has 128 valence electrons. The van der Waals surface area contributed by atoms with Crippen molar-refractivity contribution in [3.05, 3.63) is 28.7 Å². The van der Waals surface area contributed by atoms with E-state index in [9.17, 15) is 13.2 Å². The average Bonchev–Trinajstić information content (AvgIpc) is 2.53. The number of carbonyl (C=O) groups excluding carboxylic acids is 1. The minimum absolute atomic E-state index is 0.0103. The summed E-state index contributed by atoms with van der Waals surface area (Å²) in [6, 6.07) is 6.30. The predicted molar refractivity (Wildman–Crippen MR) is 88.5 cm³/mol. The molecule has 0 aliphatic carbocycles. The Morgan fingerprint density at radius 1 is 1.43 bits per heavy atom. The summed E-state index contributed by atoms with van der Waals surface area (Å²) in [5, 5.41) is 0. The summed E-state index contributed by atoms with van der Waals surface area (Å²) in [5.74, 6) is -0.698. The first-order valence-electron chi connectivity index (χ1n) is 7.44. The molecule has 1 aromatic carbocycles. The number of hydrogen-bond acceptors (Lipinski definition) is 5. The summed E-state index contributed by atoms with van der Waals surface area (Å²) in [4.78, 5) is 12.1. The number of ether oxygens (including phenoxy) is 2. The second-order valence-electron chi connectivity index (χ2n) is 5.36. The van der Waals surface area contributed by atoms with Gasteiger partial charge in [0.25, 0.3) is 15.9 Å². The molecule has 0 radical (unpaired) electrons. The number of rotatable bonds is 6. The molecule has 0 spiro atoms. The van der Waals surface area contributed by atoms with Crippen LogP contribution in [0.1, 0.15) is 26.2 Å². The van der Waals surface area contributed by atoms with Gasteiger partial charge in [-0.2, -0.15) is 0 Å². The van der Waals surface area contributed by atoms with E-state index in [2.05, 4.69) is 15.9 Å². The lowest BCUT2D eigenvalue weighted by Crippen LogP contribution is -2.40. The lowest BCUT2D eigenvalue weighted by molar-refractivity contribution is -0.133. The third-order valence-corrected chi connectivity index (χ3v) is 5.90. The van der Waals surface area contributed by atoms with Gasteiger partial charge in [-0.25, -0.2) is 13.1 Å². The van der Waals surface area contributed by atoms with Gasteiger partial charge in [-0.15, -0.1) is 0 Å². The number of nitrogens with one attached hydrogen (secondary N) is 1. The summed E-state index contributed by atoms with van der Waals surface area (Å²) in [5.41, 5.74) is 0. The van der Waals surface area contributed by atoms with Gasteiger partial charge in [0.1, 0.15) is 11.0 Å². The van der Waals surface area contributed by atoms with Crippen molar-refractivity contribution >= 4 is 31.9 Å². The number of carbonyl (C=O) groups is 1. The number of amides is 1. The smallest absolute Gasteiger partial charge is 0.265 e. The number of benzene rings is 1. The van der Waals surface area contributed by atoms with E-state index in [1.54, 1.807) is 18.2 Å². The Balaban J connectivity index is 1.91. The van der Waals surface area contributed by atoms with Gasteiger partial charge in [-0.05, 0) is 54.2 Å². The number of halogens is 1. The maximum atomic E-state index is 12.2. The largest absolute Gasteiger partial charge is 0.376 e. The minimum Gasteiger partial charge on any atom is -0.376 e. The number of hydrogen-bond donors (Lipinski definition) is 1. The maximum absolute atomic E-state index is 12.2. The molecule has 1 aromatic rings.